The van der Waals surface area contributed by atoms with Crippen LogP contribution in [0.4, 0.5) is 4.79 Å². The first-order valence-electron chi connectivity index (χ1n) is 10.8. The lowest BCUT2D eigenvalue weighted by molar-refractivity contribution is -0.123. The lowest BCUT2D eigenvalue weighted by Crippen LogP contribution is -2.30. The Hall–Kier alpha value is -3.84. The number of esters is 1. The van der Waals surface area contributed by atoms with Gasteiger partial charge in [-0.05, 0) is 68.3 Å². The number of hydrogen-bond acceptors (Lipinski definition) is 4. The van der Waals surface area contributed by atoms with E-state index in [4.69, 9.17) is 16.3 Å². The maximum absolute atomic E-state index is 13.0. The van der Waals surface area contributed by atoms with E-state index in [2.05, 4.69) is 5.32 Å². The second-order valence-corrected chi connectivity index (χ2v) is 8.31. The molecule has 1 aliphatic heterocycles. The summed E-state index contributed by atoms with van der Waals surface area (Å²) in [5, 5.41) is 3.16. The van der Waals surface area contributed by atoms with Gasteiger partial charge in [-0.2, -0.15) is 0 Å². The first-order chi connectivity index (χ1) is 16.3. The number of halogens is 1. The van der Waals surface area contributed by atoms with Crippen molar-refractivity contribution in [2.45, 2.75) is 27.3 Å². The number of aryl methyl sites for hydroxylation is 1. The van der Waals surface area contributed by atoms with E-state index in [-0.39, 0.29) is 18.2 Å². The summed E-state index contributed by atoms with van der Waals surface area (Å²) in [6, 6.07) is 15.7. The molecule has 2 heterocycles. The third-order valence-corrected chi connectivity index (χ3v) is 6.00. The summed E-state index contributed by atoms with van der Waals surface area (Å²) in [5.41, 5.74) is 4.69. The van der Waals surface area contributed by atoms with Crippen molar-refractivity contribution in [3.8, 4) is 5.69 Å². The van der Waals surface area contributed by atoms with Crippen LogP contribution in [0, 0.1) is 13.8 Å². The molecule has 8 heteroatoms. The maximum Gasteiger partial charge on any atom is 0.338 e. The third kappa shape index (κ3) is 4.47. The summed E-state index contributed by atoms with van der Waals surface area (Å²) in [7, 11) is 0. The number of imide groups is 1. The third-order valence-electron chi connectivity index (χ3n) is 5.63. The predicted octanol–water partition coefficient (Wildman–Crippen LogP) is 5.02. The van der Waals surface area contributed by atoms with E-state index < -0.39 is 11.9 Å². The molecule has 0 unspecified atom stereocenters. The summed E-state index contributed by atoms with van der Waals surface area (Å²) >= 11 is 6.20. The second-order valence-electron chi connectivity index (χ2n) is 7.90. The van der Waals surface area contributed by atoms with E-state index in [1.807, 2.05) is 36.6 Å². The molecule has 2 aromatic carbocycles. The van der Waals surface area contributed by atoms with Gasteiger partial charge in [-0.3, -0.25) is 9.69 Å². The quantitative estimate of drug-likeness (QED) is 0.307. The van der Waals surface area contributed by atoms with E-state index >= 15 is 0 Å². The number of ether oxygens (including phenoxy) is 1. The Morgan fingerprint density at radius 3 is 2.59 bits per heavy atom. The van der Waals surface area contributed by atoms with Gasteiger partial charge < -0.3 is 14.6 Å². The number of rotatable bonds is 6. The fraction of sp³-hybridized carbons (Fsp3) is 0.192. The first kappa shape index (κ1) is 23.3. The normalized spacial score (nSPS) is 14.6. The molecule has 0 radical (unpaired) electrons. The molecule has 3 amide bonds. The molecule has 1 N–H and O–H groups in total. The van der Waals surface area contributed by atoms with Crippen LogP contribution in [0.5, 0.6) is 0 Å². The first-order valence-corrected chi connectivity index (χ1v) is 11.2. The molecule has 34 heavy (non-hydrogen) atoms. The number of aromatic nitrogens is 1. The van der Waals surface area contributed by atoms with Crippen molar-refractivity contribution in [3.05, 3.63) is 93.4 Å². The fourth-order valence-electron chi connectivity index (χ4n) is 3.99. The van der Waals surface area contributed by atoms with Crippen molar-refractivity contribution in [2.24, 2.45) is 0 Å². The van der Waals surface area contributed by atoms with Crippen molar-refractivity contribution < 1.29 is 19.1 Å². The van der Waals surface area contributed by atoms with Gasteiger partial charge in [0.25, 0.3) is 5.91 Å². The predicted molar refractivity (Wildman–Crippen MR) is 130 cm³/mol. The summed E-state index contributed by atoms with van der Waals surface area (Å²) in [6.45, 7) is 6.00. The van der Waals surface area contributed by atoms with E-state index in [0.717, 1.165) is 27.5 Å². The van der Waals surface area contributed by atoms with Crippen LogP contribution < -0.4 is 5.32 Å². The van der Waals surface area contributed by atoms with Gasteiger partial charge in [0.2, 0.25) is 0 Å². The average Bonchev–Trinajstić information content (AvgIpc) is 3.24. The number of nitrogens with one attached hydrogen (secondary N) is 1. The largest absolute Gasteiger partial charge is 0.462 e. The minimum absolute atomic E-state index is 0.0847. The van der Waals surface area contributed by atoms with E-state index in [0.29, 0.717) is 22.8 Å². The van der Waals surface area contributed by atoms with Crippen LogP contribution in [0.2, 0.25) is 5.02 Å². The summed E-state index contributed by atoms with van der Waals surface area (Å²) in [4.78, 5) is 38.7. The molecule has 1 fully saturated rings. The summed E-state index contributed by atoms with van der Waals surface area (Å²) < 4.78 is 7.09. The SMILES string of the molecule is CCOC(=O)c1cccc(-n2c(C)cc(/C=C3\NC(=O)N(Cc4ccccc4Cl)C3=O)c2C)c1. The van der Waals surface area contributed by atoms with Crippen LogP contribution in [0.1, 0.15) is 39.8 Å². The Morgan fingerprint density at radius 2 is 1.85 bits per heavy atom. The molecule has 174 valence electrons. The number of nitrogens with zero attached hydrogens (tertiary/aromatic N) is 2. The average molecular weight is 478 g/mol. The number of benzene rings is 2. The highest BCUT2D eigenvalue weighted by Gasteiger charge is 2.34. The molecule has 4 rings (SSSR count). The highest BCUT2D eigenvalue weighted by molar-refractivity contribution is 6.31. The molecule has 7 nitrogen and oxygen atoms in total. The molecule has 0 aliphatic carbocycles. The van der Waals surface area contributed by atoms with Crippen LogP contribution in [-0.2, 0) is 16.1 Å². The minimum atomic E-state index is -0.493. The zero-order valence-corrected chi connectivity index (χ0v) is 19.8. The molecule has 1 aromatic heterocycles. The smallest absolute Gasteiger partial charge is 0.338 e. The topological polar surface area (TPSA) is 80.6 Å². The van der Waals surface area contributed by atoms with Crippen molar-refractivity contribution >= 4 is 35.6 Å². The van der Waals surface area contributed by atoms with Crippen molar-refractivity contribution in [1.82, 2.24) is 14.8 Å². The summed E-state index contributed by atoms with van der Waals surface area (Å²) in [5.74, 6) is -0.800. The number of amides is 3. The van der Waals surface area contributed by atoms with Crippen LogP contribution >= 0.6 is 11.6 Å². The maximum atomic E-state index is 13.0. The Labute approximate surface area is 202 Å². The molecule has 0 saturated carbocycles. The number of urea groups is 1. The standard InChI is InChI=1S/C26H24ClN3O4/c1-4-34-25(32)18-9-7-10-21(13-18)30-16(2)12-20(17(30)3)14-23-24(31)29(26(33)28-23)15-19-8-5-6-11-22(19)27/h5-14H,4,15H2,1-3H3,(H,28,33)/b23-14-. The fourth-order valence-corrected chi connectivity index (χ4v) is 4.18. The highest BCUT2D eigenvalue weighted by Crippen LogP contribution is 2.26. The minimum Gasteiger partial charge on any atom is -0.462 e. The highest BCUT2D eigenvalue weighted by atomic mass is 35.5. The molecule has 1 aliphatic rings. The number of carbonyl (C=O) groups is 3. The Morgan fingerprint density at radius 1 is 1.09 bits per heavy atom. The van der Waals surface area contributed by atoms with Crippen molar-refractivity contribution in [2.75, 3.05) is 6.61 Å². The van der Waals surface area contributed by atoms with Gasteiger partial charge in [-0.15, -0.1) is 0 Å². The lowest BCUT2D eigenvalue weighted by Gasteiger charge is -2.12. The Bertz CT molecular complexity index is 1330. The number of carbonyl (C=O) groups excluding carboxylic acids is 3. The van der Waals surface area contributed by atoms with Gasteiger partial charge in [0.05, 0.1) is 18.7 Å². The Balaban J connectivity index is 1.63. The van der Waals surface area contributed by atoms with Crippen molar-refractivity contribution in [3.63, 3.8) is 0 Å². The molecular weight excluding hydrogens is 454 g/mol. The Kier molecular flexibility index (Phi) is 6.56. The molecule has 0 bridgehead atoms. The van der Waals surface area contributed by atoms with Gasteiger partial charge in [0.15, 0.2) is 0 Å². The van der Waals surface area contributed by atoms with Gasteiger partial charge in [0, 0.05) is 22.1 Å². The van der Waals surface area contributed by atoms with Gasteiger partial charge >= 0.3 is 12.0 Å². The van der Waals surface area contributed by atoms with E-state index in [9.17, 15) is 14.4 Å². The summed E-state index contributed by atoms with van der Waals surface area (Å²) in [6.07, 6.45) is 1.67. The van der Waals surface area contributed by atoms with Gasteiger partial charge in [-0.25, -0.2) is 9.59 Å². The van der Waals surface area contributed by atoms with Crippen molar-refractivity contribution in [1.29, 1.82) is 0 Å². The molecule has 3 aromatic rings. The monoisotopic (exact) mass is 477 g/mol. The van der Waals surface area contributed by atoms with E-state index in [1.54, 1.807) is 49.4 Å². The molecule has 1 saturated heterocycles. The molecule has 0 spiro atoms. The van der Waals surface area contributed by atoms with Gasteiger partial charge in [-0.1, -0.05) is 35.9 Å². The van der Waals surface area contributed by atoms with Crippen LogP contribution in [0.15, 0.2) is 60.3 Å². The molecular formula is C26H24ClN3O4. The lowest BCUT2D eigenvalue weighted by atomic mass is 10.2. The van der Waals surface area contributed by atoms with Gasteiger partial charge in [0.1, 0.15) is 5.70 Å². The zero-order valence-electron chi connectivity index (χ0n) is 19.1. The molecule has 0 atom stereocenters. The second kappa shape index (κ2) is 9.57. The van der Waals surface area contributed by atoms with E-state index in [1.165, 1.54) is 0 Å². The number of hydrogen-bond donors (Lipinski definition) is 1. The zero-order chi connectivity index (χ0) is 24.4. The van der Waals surface area contributed by atoms with Crippen LogP contribution in [0.25, 0.3) is 11.8 Å². The van der Waals surface area contributed by atoms with Crippen LogP contribution in [0.3, 0.4) is 0 Å². The van der Waals surface area contributed by atoms with Crippen LogP contribution in [-0.4, -0.2) is 34.0 Å².